The fourth-order valence-corrected chi connectivity index (χ4v) is 4.33. The fourth-order valence-electron chi connectivity index (χ4n) is 4.33. The van der Waals surface area contributed by atoms with Gasteiger partial charge in [0.25, 0.3) is 0 Å². The van der Waals surface area contributed by atoms with Crippen LogP contribution in [0.2, 0.25) is 0 Å². The zero-order chi connectivity index (χ0) is 23.2. The van der Waals surface area contributed by atoms with Crippen molar-refractivity contribution in [3.8, 4) is 5.69 Å². The molecule has 7 heteroatoms. The van der Waals surface area contributed by atoms with Crippen molar-refractivity contribution in [2.75, 3.05) is 38.7 Å². The maximum atomic E-state index is 13.1. The molecule has 0 radical (unpaired) electrons. The SMILES string of the molecule is COCCN1C[C@H](NC(=O)Nc2cc(C(C)C)nn2-c2ccccc2)[C@@H](c2ccccc2)C1. The zero-order valence-electron chi connectivity index (χ0n) is 19.6. The van der Waals surface area contributed by atoms with Crippen LogP contribution in [0.1, 0.15) is 36.9 Å². The van der Waals surface area contributed by atoms with Crippen LogP contribution in [0.15, 0.2) is 66.7 Å². The zero-order valence-corrected chi connectivity index (χ0v) is 19.6. The Labute approximate surface area is 195 Å². The molecule has 0 spiro atoms. The molecule has 1 aliphatic rings. The van der Waals surface area contributed by atoms with Gasteiger partial charge in [-0.1, -0.05) is 62.4 Å². The van der Waals surface area contributed by atoms with E-state index in [1.807, 2.05) is 42.5 Å². The third-order valence-electron chi connectivity index (χ3n) is 6.11. The molecule has 174 valence electrons. The lowest BCUT2D eigenvalue weighted by Gasteiger charge is -2.20. The highest BCUT2D eigenvalue weighted by Gasteiger charge is 2.34. The molecule has 2 aromatic carbocycles. The third kappa shape index (κ3) is 5.61. The van der Waals surface area contributed by atoms with Crippen LogP contribution in [0.25, 0.3) is 5.69 Å². The number of aromatic nitrogens is 2. The minimum Gasteiger partial charge on any atom is -0.383 e. The highest BCUT2D eigenvalue weighted by atomic mass is 16.5. The first kappa shape index (κ1) is 23.0. The van der Waals surface area contributed by atoms with Gasteiger partial charge in [0.1, 0.15) is 5.82 Å². The number of benzene rings is 2. The lowest BCUT2D eigenvalue weighted by molar-refractivity contribution is 0.159. The number of anilines is 1. The van der Waals surface area contributed by atoms with Crippen molar-refractivity contribution in [2.24, 2.45) is 0 Å². The molecule has 4 rings (SSSR count). The minimum absolute atomic E-state index is 0.00178. The molecule has 2 atom stereocenters. The summed E-state index contributed by atoms with van der Waals surface area (Å²) in [6.45, 7) is 7.38. The van der Waals surface area contributed by atoms with Gasteiger partial charge in [0.15, 0.2) is 0 Å². The summed E-state index contributed by atoms with van der Waals surface area (Å²) in [6.07, 6.45) is 0. The van der Waals surface area contributed by atoms with E-state index >= 15 is 0 Å². The first-order valence-corrected chi connectivity index (χ1v) is 11.5. The standard InChI is InChI=1S/C26H33N5O2/c1-19(2)23-16-25(31(29-23)21-12-8-5-9-13-21)28-26(32)27-24-18-30(14-15-33-3)17-22(24)20-10-6-4-7-11-20/h4-13,16,19,22,24H,14-15,17-18H2,1-3H3,(H2,27,28,32)/t22-,24+/m1/s1. The van der Waals surface area contributed by atoms with Gasteiger partial charge in [-0.2, -0.15) is 5.10 Å². The highest BCUT2D eigenvalue weighted by Crippen LogP contribution is 2.28. The van der Waals surface area contributed by atoms with E-state index in [0.29, 0.717) is 12.4 Å². The average Bonchev–Trinajstić information content (AvgIpc) is 3.43. The van der Waals surface area contributed by atoms with Gasteiger partial charge < -0.3 is 10.1 Å². The first-order chi connectivity index (χ1) is 16.0. The number of para-hydroxylation sites is 1. The van der Waals surface area contributed by atoms with Gasteiger partial charge in [0, 0.05) is 38.7 Å². The maximum Gasteiger partial charge on any atom is 0.320 e. The molecule has 7 nitrogen and oxygen atoms in total. The minimum atomic E-state index is -0.220. The number of likely N-dealkylation sites (tertiary alicyclic amines) is 1. The summed E-state index contributed by atoms with van der Waals surface area (Å²) in [6, 6.07) is 22.0. The summed E-state index contributed by atoms with van der Waals surface area (Å²) in [5.74, 6) is 1.14. The van der Waals surface area contributed by atoms with Crippen molar-refractivity contribution >= 4 is 11.8 Å². The predicted molar refractivity (Wildman–Crippen MR) is 131 cm³/mol. The summed E-state index contributed by atoms with van der Waals surface area (Å²) >= 11 is 0. The molecular formula is C26H33N5O2. The van der Waals surface area contributed by atoms with Crippen molar-refractivity contribution in [2.45, 2.75) is 31.7 Å². The normalized spacial score (nSPS) is 18.5. The molecule has 0 unspecified atom stereocenters. The van der Waals surface area contributed by atoms with Crippen LogP contribution in [0.5, 0.6) is 0 Å². The van der Waals surface area contributed by atoms with Crippen LogP contribution in [0, 0.1) is 0 Å². The Balaban J connectivity index is 1.51. The highest BCUT2D eigenvalue weighted by molar-refractivity contribution is 5.89. The number of carbonyl (C=O) groups is 1. The van der Waals surface area contributed by atoms with Crippen molar-refractivity contribution in [3.63, 3.8) is 0 Å². The molecule has 1 fully saturated rings. The van der Waals surface area contributed by atoms with Gasteiger partial charge >= 0.3 is 6.03 Å². The van der Waals surface area contributed by atoms with Gasteiger partial charge in [-0.05, 0) is 23.6 Å². The van der Waals surface area contributed by atoms with Crippen molar-refractivity contribution in [1.82, 2.24) is 20.0 Å². The molecular weight excluding hydrogens is 414 g/mol. The lowest BCUT2D eigenvalue weighted by atomic mass is 9.94. The monoisotopic (exact) mass is 447 g/mol. The Morgan fingerprint density at radius 3 is 2.45 bits per heavy atom. The summed E-state index contributed by atoms with van der Waals surface area (Å²) in [4.78, 5) is 15.5. The molecule has 1 aliphatic heterocycles. The van der Waals surface area contributed by atoms with Crippen molar-refractivity contribution in [3.05, 3.63) is 78.0 Å². The molecule has 33 heavy (non-hydrogen) atoms. The Morgan fingerprint density at radius 1 is 1.09 bits per heavy atom. The van der Waals surface area contributed by atoms with E-state index in [-0.39, 0.29) is 23.9 Å². The van der Waals surface area contributed by atoms with Gasteiger partial charge in [0.05, 0.1) is 24.0 Å². The summed E-state index contributed by atoms with van der Waals surface area (Å²) < 4.78 is 7.06. The van der Waals surface area contributed by atoms with Crippen LogP contribution in [-0.4, -0.2) is 60.1 Å². The quantitative estimate of drug-likeness (QED) is 0.542. The Morgan fingerprint density at radius 2 is 1.79 bits per heavy atom. The van der Waals surface area contributed by atoms with E-state index in [2.05, 4.69) is 53.6 Å². The molecule has 3 aromatic rings. The number of urea groups is 1. The number of ether oxygens (including phenoxy) is 1. The second-order valence-corrected chi connectivity index (χ2v) is 8.83. The molecule has 0 saturated carbocycles. The van der Waals surface area contributed by atoms with E-state index in [4.69, 9.17) is 9.84 Å². The van der Waals surface area contributed by atoms with E-state index < -0.39 is 0 Å². The Bertz CT molecular complexity index is 1040. The number of carbonyl (C=O) groups excluding carboxylic acids is 1. The smallest absolute Gasteiger partial charge is 0.320 e. The van der Waals surface area contributed by atoms with E-state index in [1.54, 1.807) is 11.8 Å². The van der Waals surface area contributed by atoms with Crippen LogP contribution >= 0.6 is 0 Å². The molecule has 2 heterocycles. The maximum absolute atomic E-state index is 13.1. The average molecular weight is 448 g/mol. The second-order valence-electron chi connectivity index (χ2n) is 8.83. The number of methoxy groups -OCH3 is 1. The van der Waals surface area contributed by atoms with Gasteiger partial charge in [0.2, 0.25) is 0 Å². The molecule has 0 bridgehead atoms. The number of hydrogen-bond donors (Lipinski definition) is 2. The molecule has 1 saturated heterocycles. The summed E-state index contributed by atoms with van der Waals surface area (Å²) in [5, 5.41) is 11.0. The first-order valence-electron chi connectivity index (χ1n) is 11.5. The predicted octanol–water partition coefficient (Wildman–Crippen LogP) is 4.23. The van der Waals surface area contributed by atoms with Gasteiger partial charge in [-0.3, -0.25) is 10.2 Å². The number of rotatable bonds is 8. The molecule has 0 aliphatic carbocycles. The largest absolute Gasteiger partial charge is 0.383 e. The fraction of sp³-hybridized carbons (Fsp3) is 0.385. The number of nitrogens with one attached hydrogen (secondary N) is 2. The van der Waals surface area contributed by atoms with Crippen LogP contribution in [-0.2, 0) is 4.74 Å². The van der Waals surface area contributed by atoms with Crippen LogP contribution in [0.4, 0.5) is 10.6 Å². The number of amides is 2. The number of hydrogen-bond acceptors (Lipinski definition) is 4. The van der Waals surface area contributed by atoms with Gasteiger partial charge in [-0.25, -0.2) is 9.48 Å². The van der Waals surface area contributed by atoms with Gasteiger partial charge in [-0.15, -0.1) is 0 Å². The Kier molecular flexibility index (Phi) is 7.42. The van der Waals surface area contributed by atoms with Crippen LogP contribution < -0.4 is 10.6 Å². The third-order valence-corrected chi connectivity index (χ3v) is 6.11. The topological polar surface area (TPSA) is 71.4 Å². The molecule has 2 amide bonds. The van der Waals surface area contributed by atoms with Crippen LogP contribution in [0.3, 0.4) is 0 Å². The summed E-state index contributed by atoms with van der Waals surface area (Å²) in [5.41, 5.74) is 3.08. The Hall–Kier alpha value is -3.16. The molecule has 2 N–H and O–H groups in total. The second kappa shape index (κ2) is 10.6. The van der Waals surface area contributed by atoms with E-state index in [1.165, 1.54) is 5.56 Å². The van der Waals surface area contributed by atoms with Crippen molar-refractivity contribution < 1.29 is 9.53 Å². The van der Waals surface area contributed by atoms with Crippen molar-refractivity contribution in [1.29, 1.82) is 0 Å². The lowest BCUT2D eigenvalue weighted by Crippen LogP contribution is -2.42. The molecule has 1 aromatic heterocycles. The van der Waals surface area contributed by atoms with E-state index in [9.17, 15) is 4.79 Å². The van der Waals surface area contributed by atoms with E-state index in [0.717, 1.165) is 31.0 Å². The number of nitrogens with zero attached hydrogens (tertiary/aromatic N) is 3. The summed E-state index contributed by atoms with van der Waals surface area (Å²) in [7, 11) is 1.72.